The number of furan rings is 1. The maximum Gasteiger partial charge on any atom is 0.224 e. The van der Waals surface area contributed by atoms with Crippen molar-refractivity contribution < 1.29 is 9.21 Å². The Morgan fingerprint density at radius 1 is 1.42 bits per heavy atom. The van der Waals surface area contributed by atoms with Gasteiger partial charge in [0.25, 0.3) is 0 Å². The van der Waals surface area contributed by atoms with Crippen LogP contribution >= 0.6 is 0 Å². The molecule has 108 valence electrons. The van der Waals surface area contributed by atoms with Crippen LogP contribution in [-0.4, -0.2) is 44.5 Å². The fraction of sp³-hybridized carbons (Fsp3) is 0.643. The van der Waals surface area contributed by atoms with E-state index in [1.54, 1.807) is 6.26 Å². The number of rotatable bonds is 8. The van der Waals surface area contributed by atoms with Gasteiger partial charge in [-0.3, -0.25) is 9.69 Å². The minimum Gasteiger partial charge on any atom is -0.468 e. The first-order chi connectivity index (χ1) is 9.06. The minimum atomic E-state index is -0.0284. The lowest BCUT2D eigenvalue weighted by molar-refractivity contribution is -0.124. The van der Waals surface area contributed by atoms with Gasteiger partial charge >= 0.3 is 0 Å². The summed E-state index contributed by atoms with van der Waals surface area (Å²) in [5.41, 5.74) is 0. The molecule has 1 aromatic heterocycles. The molecular formula is C14H25N3O2. The molecular weight excluding hydrogens is 242 g/mol. The van der Waals surface area contributed by atoms with Gasteiger partial charge in [0, 0.05) is 19.0 Å². The van der Waals surface area contributed by atoms with E-state index < -0.39 is 0 Å². The zero-order valence-electron chi connectivity index (χ0n) is 12.3. The van der Waals surface area contributed by atoms with Gasteiger partial charge in [-0.1, -0.05) is 13.8 Å². The standard InChI is InChI=1S/C14H25N3O2/c1-5-15-9-11(2)14(18)16-10-12(17(3)4)13-7-6-8-19-13/h6-8,11-12,15H,5,9-10H2,1-4H3,(H,16,18). The highest BCUT2D eigenvalue weighted by Gasteiger charge is 2.19. The molecule has 5 nitrogen and oxygen atoms in total. The van der Waals surface area contributed by atoms with E-state index in [0.717, 1.165) is 12.3 Å². The molecule has 0 aliphatic heterocycles. The molecule has 1 rings (SSSR count). The topological polar surface area (TPSA) is 57.5 Å². The van der Waals surface area contributed by atoms with Crippen LogP contribution in [-0.2, 0) is 4.79 Å². The number of nitrogens with one attached hydrogen (secondary N) is 2. The first-order valence-corrected chi connectivity index (χ1v) is 6.74. The average molecular weight is 267 g/mol. The number of nitrogens with zero attached hydrogens (tertiary/aromatic N) is 1. The quantitative estimate of drug-likeness (QED) is 0.744. The second-order valence-electron chi connectivity index (χ2n) is 4.95. The van der Waals surface area contributed by atoms with Gasteiger partial charge in [-0.25, -0.2) is 0 Å². The van der Waals surface area contributed by atoms with Crippen LogP contribution in [0.5, 0.6) is 0 Å². The highest BCUT2D eigenvalue weighted by Crippen LogP contribution is 2.17. The predicted molar refractivity (Wildman–Crippen MR) is 75.9 cm³/mol. The van der Waals surface area contributed by atoms with Crippen molar-refractivity contribution in [1.29, 1.82) is 0 Å². The molecule has 0 aliphatic carbocycles. The van der Waals surface area contributed by atoms with Crippen molar-refractivity contribution in [2.24, 2.45) is 5.92 Å². The Labute approximate surface area is 115 Å². The molecule has 1 heterocycles. The Bertz CT molecular complexity index is 363. The molecule has 0 saturated heterocycles. The first-order valence-electron chi connectivity index (χ1n) is 6.74. The number of hydrogen-bond acceptors (Lipinski definition) is 4. The summed E-state index contributed by atoms with van der Waals surface area (Å²) in [7, 11) is 3.95. The number of likely N-dealkylation sites (N-methyl/N-ethyl adjacent to an activating group) is 1. The van der Waals surface area contributed by atoms with Crippen LogP contribution < -0.4 is 10.6 Å². The molecule has 0 spiro atoms. The molecule has 0 fully saturated rings. The molecule has 2 unspecified atom stereocenters. The van der Waals surface area contributed by atoms with E-state index in [9.17, 15) is 4.79 Å². The van der Waals surface area contributed by atoms with Crippen molar-refractivity contribution in [3.8, 4) is 0 Å². The summed E-state index contributed by atoms with van der Waals surface area (Å²) in [6.45, 7) is 6.09. The highest BCUT2D eigenvalue weighted by atomic mass is 16.3. The first kappa shape index (κ1) is 15.7. The van der Waals surface area contributed by atoms with E-state index in [-0.39, 0.29) is 17.9 Å². The molecule has 1 aromatic rings. The third-order valence-electron chi connectivity index (χ3n) is 3.11. The van der Waals surface area contributed by atoms with Crippen molar-refractivity contribution in [3.63, 3.8) is 0 Å². The number of carbonyl (C=O) groups excluding carboxylic acids is 1. The largest absolute Gasteiger partial charge is 0.468 e. The zero-order chi connectivity index (χ0) is 14.3. The average Bonchev–Trinajstić information content (AvgIpc) is 2.89. The SMILES string of the molecule is CCNCC(C)C(=O)NCC(c1ccco1)N(C)C. The van der Waals surface area contributed by atoms with Gasteiger partial charge in [-0.05, 0) is 32.8 Å². The third-order valence-corrected chi connectivity index (χ3v) is 3.11. The van der Waals surface area contributed by atoms with Crippen molar-refractivity contribution in [3.05, 3.63) is 24.2 Å². The van der Waals surface area contributed by atoms with E-state index in [0.29, 0.717) is 13.1 Å². The Balaban J connectivity index is 2.46. The van der Waals surface area contributed by atoms with Crippen LogP contribution in [0.15, 0.2) is 22.8 Å². The Morgan fingerprint density at radius 3 is 2.68 bits per heavy atom. The van der Waals surface area contributed by atoms with Gasteiger partial charge in [-0.15, -0.1) is 0 Å². The second-order valence-corrected chi connectivity index (χ2v) is 4.95. The zero-order valence-corrected chi connectivity index (χ0v) is 12.3. The molecule has 5 heteroatoms. The summed E-state index contributed by atoms with van der Waals surface area (Å²) < 4.78 is 5.41. The van der Waals surface area contributed by atoms with Gasteiger partial charge in [0.2, 0.25) is 5.91 Å². The summed E-state index contributed by atoms with van der Waals surface area (Å²) >= 11 is 0. The molecule has 1 amide bonds. The maximum absolute atomic E-state index is 11.9. The van der Waals surface area contributed by atoms with Gasteiger partial charge < -0.3 is 15.1 Å². The molecule has 0 bridgehead atoms. The lowest BCUT2D eigenvalue weighted by atomic mass is 10.1. The number of amides is 1. The molecule has 2 N–H and O–H groups in total. The molecule has 0 radical (unpaired) electrons. The second kappa shape index (κ2) is 7.96. The minimum absolute atomic E-state index is 0.0284. The van der Waals surface area contributed by atoms with E-state index in [1.807, 2.05) is 45.0 Å². The van der Waals surface area contributed by atoms with Crippen LogP contribution in [0.1, 0.15) is 25.6 Å². The van der Waals surface area contributed by atoms with Crippen LogP contribution in [0, 0.1) is 5.92 Å². The Morgan fingerprint density at radius 2 is 2.16 bits per heavy atom. The number of carbonyl (C=O) groups is 1. The lowest BCUT2D eigenvalue weighted by Crippen LogP contribution is -2.39. The lowest BCUT2D eigenvalue weighted by Gasteiger charge is -2.23. The molecule has 19 heavy (non-hydrogen) atoms. The number of hydrogen-bond donors (Lipinski definition) is 2. The summed E-state index contributed by atoms with van der Waals surface area (Å²) in [5.74, 6) is 0.906. The molecule has 0 saturated carbocycles. The fourth-order valence-electron chi connectivity index (χ4n) is 1.84. The molecule has 2 atom stereocenters. The van der Waals surface area contributed by atoms with Crippen molar-refractivity contribution in [2.75, 3.05) is 33.7 Å². The fourth-order valence-corrected chi connectivity index (χ4v) is 1.84. The van der Waals surface area contributed by atoms with E-state index in [4.69, 9.17) is 4.42 Å². The van der Waals surface area contributed by atoms with Crippen LogP contribution in [0.3, 0.4) is 0 Å². The highest BCUT2D eigenvalue weighted by molar-refractivity contribution is 5.78. The maximum atomic E-state index is 11.9. The summed E-state index contributed by atoms with van der Waals surface area (Å²) in [5, 5.41) is 6.16. The van der Waals surface area contributed by atoms with Gasteiger partial charge in [0.05, 0.1) is 12.3 Å². The summed E-state index contributed by atoms with van der Waals surface area (Å²) in [6.07, 6.45) is 1.65. The summed E-state index contributed by atoms with van der Waals surface area (Å²) in [6, 6.07) is 3.85. The monoisotopic (exact) mass is 267 g/mol. The Kier molecular flexibility index (Phi) is 6.59. The normalized spacial score (nSPS) is 14.4. The summed E-state index contributed by atoms with van der Waals surface area (Å²) in [4.78, 5) is 14.0. The van der Waals surface area contributed by atoms with E-state index >= 15 is 0 Å². The van der Waals surface area contributed by atoms with Gasteiger partial charge in [0.1, 0.15) is 5.76 Å². The third kappa shape index (κ3) is 5.04. The van der Waals surface area contributed by atoms with Gasteiger partial charge in [0.15, 0.2) is 0 Å². The van der Waals surface area contributed by atoms with E-state index in [1.165, 1.54) is 0 Å². The van der Waals surface area contributed by atoms with Gasteiger partial charge in [-0.2, -0.15) is 0 Å². The van der Waals surface area contributed by atoms with Crippen molar-refractivity contribution >= 4 is 5.91 Å². The van der Waals surface area contributed by atoms with Crippen molar-refractivity contribution in [1.82, 2.24) is 15.5 Å². The molecule has 0 aromatic carbocycles. The molecule has 0 aliphatic rings. The van der Waals surface area contributed by atoms with Crippen molar-refractivity contribution in [2.45, 2.75) is 19.9 Å². The Hall–Kier alpha value is -1.33. The smallest absolute Gasteiger partial charge is 0.224 e. The van der Waals surface area contributed by atoms with E-state index in [2.05, 4.69) is 10.6 Å². The van der Waals surface area contributed by atoms with Crippen LogP contribution in [0.4, 0.5) is 0 Å². The van der Waals surface area contributed by atoms with Crippen LogP contribution in [0.2, 0.25) is 0 Å². The van der Waals surface area contributed by atoms with Crippen LogP contribution in [0.25, 0.3) is 0 Å². The predicted octanol–water partition coefficient (Wildman–Crippen LogP) is 1.24.